The van der Waals surface area contributed by atoms with E-state index in [0.29, 0.717) is 5.56 Å². The molecule has 1 rings (SSSR count). The molecule has 9 heteroatoms. The van der Waals surface area contributed by atoms with Gasteiger partial charge in [0.15, 0.2) is 11.5 Å². The van der Waals surface area contributed by atoms with Crippen LogP contribution in [0.4, 0.5) is 4.79 Å². The Morgan fingerprint density at radius 2 is 1.59 bits per heavy atom. The molecule has 0 unspecified atom stereocenters. The maximum atomic E-state index is 11.8. The first kappa shape index (κ1) is 21.9. The number of benzene rings is 1. The number of rotatable bonds is 6. The summed E-state index contributed by atoms with van der Waals surface area (Å²) < 4.78 is 15.0. The van der Waals surface area contributed by atoms with Crippen LogP contribution >= 0.6 is 0 Å². The van der Waals surface area contributed by atoms with E-state index < -0.39 is 35.6 Å². The van der Waals surface area contributed by atoms with Crippen molar-refractivity contribution in [2.75, 3.05) is 0 Å². The van der Waals surface area contributed by atoms with Crippen molar-refractivity contribution < 1.29 is 38.5 Å². The lowest BCUT2D eigenvalue weighted by Gasteiger charge is -2.22. The molecule has 0 saturated carbocycles. The summed E-state index contributed by atoms with van der Waals surface area (Å²) in [5, 5.41) is 11.6. The smallest absolute Gasteiger partial charge is 0.408 e. The van der Waals surface area contributed by atoms with E-state index in [9.17, 15) is 24.3 Å². The number of esters is 2. The molecule has 148 valence electrons. The SMILES string of the molecule is CC(=O)Oc1ccc(C[C@H](NC(=O)OC(C)(C)C)C(=O)O)cc1OC(C)=O. The van der Waals surface area contributed by atoms with Gasteiger partial charge < -0.3 is 24.6 Å². The molecule has 1 aromatic rings. The van der Waals surface area contributed by atoms with Crippen LogP contribution in [0.25, 0.3) is 0 Å². The molecule has 0 saturated heterocycles. The highest BCUT2D eigenvalue weighted by molar-refractivity contribution is 5.80. The fourth-order valence-electron chi connectivity index (χ4n) is 2.04. The molecule has 0 aliphatic rings. The number of alkyl carbamates (subject to hydrolysis) is 1. The molecular formula is C18H23NO8. The van der Waals surface area contributed by atoms with Gasteiger partial charge >= 0.3 is 24.0 Å². The van der Waals surface area contributed by atoms with Gasteiger partial charge in [0.25, 0.3) is 0 Å². The van der Waals surface area contributed by atoms with Gasteiger partial charge in [0, 0.05) is 20.3 Å². The van der Waals surface area contributed by atoms with E-state index in [2.05, 4.69) is 5.32 Å². The van der Waals surface area contributed by atoms with Gasteiger partial charge in [0.1, 0.15) is 11.6 Å². The summed E-state index contributed by atoms with van der Waals surface area (Å²) in [5.74, 6) is -2.52. The molecule has 0 spiro atoms. The number of nitrogens with one attached hydrogen (secondary N) is 1. The maximum Gasteiger partial charge on any atom is 0.408 e. The van der Waals surface area contributed by atoms with E-state index in [1.807, 2.05) is 0 Å². The largest absolute Gasteiger partial charge is 0.480 e. The molecule has 0 aliphatic heterocycles. The van der Waals surface area contributed by atoms with Crippen molar-refractivity contribution in [3.8, 4) is 11.5 Å². The Hall–Kier alpha value is -3.10. The second kappa shape index (κ2) is 9.02. The van der Waals surface area contributed by atoms with Crippen LogP contribution in [0.2, 0.25) is 0 Å². The predicted molar refractivity (Wildman–Crippen MR) is 93.6 cm³/mol. The quantitative estimate of drug-likeness (QED) is 0.566. The molecule has 0 heterocycles. The molecule has 0 radical (unpaired) electrons. The van der Waals surface area contributed by atoms with Gasteiger partial charge in [-0.05, 0) is 38.5 Å². The number of carbonyl (C=O) groups is 4. The first-order chi connectivity index (χ1) is 12.4. The highest BCUT2D eigenvalue weighted by atomic mass is 16.6. The second-order valence-corrected chi connectivity index (χ2v) is 6.71. The van der Waals surface area contributed by atoms with E-state index in [-0.39, 0.29) is 17.9 Å². The van der Waals surface area contributed by atoms with Crippen molar-refractivity contribution >= 4 is 24.0 Å². The fourth-order valence-corrected chi connectivity index (χ4v) is 2.04. The summed E-state index contributed by atoms with van der Waals surface area (Å²) in [6.45, 7) is 7.33. The molecule has 1 atom stereocenters. The summed E-state index contributed by atoms with van der Waals surface area (Å²) >= 11 is 0. The van der Waals surface area contributed by atoms with Gasteiger partial charge in [-0.15, -0.1) is 0 Å². The molecule has 1 aromatic carbocycles. The average Bonchev–Trinajstić information content (AvgIpc) is 2.46. The van der Waals surface area contributed by atoms with Crippen molar-refractivity contribution in [2.24, 2.45) is 0 Å². The van der Waals surface area contributed by atoms with Crippen LogP contribution in [0.5, 0.6) is 11.5 Å². The third kappa shape index (κ3) is 8.21. The zero-order chi connectivity index (χ0) is 20.8. The Balaban J connectivity index is 3.01. The van der Waals surface area contributed by atoms with Gasteiger partial charge in [-0.1, -0.05) is 6.07 Å². The molecule has 27 heavy (non-hydrogen) atoms. The Bertz CT molecular complexity index is 735. The molecule has 0 aromatic heterocycles. The highest BCUT2D eigenvalue weighted by Gasteiger charge is 2.25. The lowest BCUT2D eigenvalue weighted by atomic mass is 10.1. The van der Waals surface area contributed by atoms with Gasteiger partial charge in [0.2, 0.25) is 0 Å². The lowest BCUT2D eigenvalue weighted by molar-refractivity contribution is -0.139. The summed E-state index contributed by atoms with van der Waals surface area (Å²) in [4.78, 5) is 45.7. The highest BCUT2D eigenvalue weighted by Crippen LogP contribution is 2.29. The molecule has 1 amide bonds. The number of amides is 1. The van der Waals surface area contributed by atoms with Crippen LogP contribution in [0.15, 0.2) is 18.2 Å². The number of aliphatic carboxylic acids is 1. The Morgan fingerprint density at radius 3 is 2.07 bits per heavy atom. The van der Waals surface area contributed by atoms with Crippen molar-refractivity contribution in [3.63, 3.8) is 0 Å². The Morgan fingerprint density at radius 1 is 1.04 bits per heavy atom. The third-order valence-electron chi connectivity index (χ3n) is 2.94. The normalized spacial score (nSPS) is 11.9. The number of hydrogen-bond acceptors (Lipinski definition) is 7. The van der Waals surface area contributed by atoms with E-state index in [1.54, 1.807) is 20.8 Å². The number of carbonyl (C=O) groups excluding carboxylic acids is 3. The first-order valence-corrected chi connectivity index (χ1v) is 8.09. The van der Waals surface area contributed by atoms with Crippen LogP contribution in [-0.4, -0.2) is 40.8 Å². The van der Waals surface area contributed by atoms with E-state index in [4.69, 9.17) is 14.2 Å². The van der Waals surface area contributed by atoms with E-state index in [0.717, 1.165) is 0 Å². The monoisotopic (exact) mass is 381 g/mol. The van der Waals surface area contributed by atoms with Crippen molar-refractivity contribution in [2.45, 2.75) is 52.7 Å². The lowest BCUT2D eigenvalue weighted by Crippen LogP contribution is -2.44. The summed E-state index contributed by atoms with van der Waals surface area (Å²) in [6.07, 6.45) is -0.977. The first-order valence-electron chi connectivity index (χ1n) is 8.09. The number of ether oxygens (including phenoxy) is 3. The minimum atomic E-state index is -1.27. The van der Waals surface area contributed by atoms with Crippen LogP contribution < -0.4 is 14.8 Å². The summed E-state index contributed by atoms with van der Waals surface area (Å²) in [7, 11) is 0. The van der Waals surface area contributed by atoms with Crippen LogP contribution in [0.3, 0.4) is 0 Å². The van der Waals surface area contributed by atoms with Crippen LogP contribution in [0.1, 0.15) is 40.2 Å². The Kier molecular flexibility index (Phi) is 7.33. The minimum absolute atomic E-state index is 0.0217. The molecule has 0 bridgehead atoms. The van der Waals surface area contributed by atoms with Crippen molar-refractivity contribution in [1.82, 2.24) is 5.32 Å². The zero-order valence-corrected chi connectivity index (χ0v) is 15.8. The second-order valence-electron chi connectivity index (χ2n) is 6.71. The van der Waals surface area contributed by atoms with Crippen molar-refractivity contribution in [1.29, 1.82) is 0 Å². The molecular weight excluding hydrogens is 358 g/mol. The fraction of sp³-hybridized carbons (Fsp3) is 0.444. The predicted octanol–water partition coefficient (Wildman–Crippen LogP) is 2.06. The third-order valence-corrected chi connectivity index (χ3v) is 2.94. The maximum absolute atomic E-state index is 11.8. The summed E-state index contributed by atoms with van der Waals surface area (Å²) in [5.41, 5.74) is -0.341. The zero-order valence-electron chi connectivity index (χ0n) is 15.8. The van der Waals surface area contributed by atoms with Crippen LogP contribution in [-0.2, 0) is 25.5 Å². The summed E-state index contributed by atoms with van der Waals surface area (Å²) in [6, 6.07) is 2.97. The standard InChI is InChI=1S/C18H23NO8/c1-10(20)25-14-7-6-12(9-15(14)26-11(2)21)8-13(16(22)23)19-17(24)27-18(3,4)5/h6-7,9,13H,8H2,1-5H3,(H,19,24)(H,22,23)/t13-/m0/s1. The minimum Gasteiger partial charge on any atom is -0.480 e. The van der Waals surface area contributed by atoms with Crippen molar-refractivity contribution in [3.05, 3.63) is 23.8 Å². The van der Waals surface area contributed by atoms with Crippen LogP contribution in [0, 0.1) is 0 Å². The average molecular weight is 381 g/mol. The van der Waals surface area contributed by atoms with Gasteiger partial charge in [-0.3, -0.25) is 9.59 Å². The number of carboxylic acid groups (broad SMARTS) is 1. The number of carboxylic acids is 1. The molecule has 0 aliphatic carbocycles. The Labute approximate surface area is 156 Å². The van der Waals surface area contributed by atoms with E-state index in [1.165, 1.54) is 32.0 Å². The molecule has 0 fully saturated rings. The molecule has 9 nitrogen and oxygen atoms in total. The van der Waals surface area contributed by atoms with E-state index >= 15 is 0 Å². The molecule has 2 N–H and O–H groups in total. The number of hydrogen-bond donors (Lipinski definition) is 2. The van der Waals surface area contributed by atoms with Gasteiger partial charge in [0.05, 0.1) is 0 Å². The van der Waals surface area contributed by atoms with Gasteiger partial charge in [-0.25, -0.2) is 9.59 Å². The topological polar surface area (TPSA) is 128 Å². The van der Waals surface area contributed by atoms with Gasteiger partial charge in [-0.2, -0.15) is 0 Å².